The van der Waals surface area contributed by atoms with Gasteiger partial charge in [-0.05, 0) is 68.0 Å². The van der Waals surface area contributed by atoms with Gasteiger partial charge in [-0.25, -0.2) is 4.79 Å². The highest BCUT2D eigenvalue weighted by Gasteiger charge is 2.41. The molecule has 6 nitrogen and oxygen atoms in total. The number of esters is 1. The summed E-state index contributed by atoms with van der Waals surface area (Å²) in [5, 5.41) is 4.90. The molecule has 0 spiro atoms. The topological polar surface area (TPSA) is 84.5 Å². The average Bonchev–Trinajstić information content (AvgIpc) is 2.90. The first-order valence-corrected chi connectivity index (χ1v) is 9.24. The Morgan fingerprint density at radius 1 is 1.00 bits per heavy atom. The minimum absolute atomic E-state index is 0.218. The van der Waals surface area contributed by atoms with E-state index in [0.29, 0.717) is 18.6 Å². The van der Waals surface area contributed by atoms with E-state index >= 15 is 0 Å². The van der Waals surface area contributed by atoms with Gasteiger partial charge in [0, 0.05) is 0 Å². The Kier molecular flexibility index (Phi) is 5.49. The minimum atomic E-state index is -0.894. The molecular weight excluding hydrogens is 356 g/mol. The number of amides is 3. The molecule has 3 rings (SSSR count). The second-order valence-corrected chi connectivity index (χ2v) is 7.45. The number of urea groups is 1. The molecule has 146 valence electrons. The fourth-order valence-corrected chi connectivity index (χ4v) is 3.12. The quantitative estimate of drug-likeness (QED) is 0.458. The van der Waals surface area contributed by atoms with E-state index in [0.717, 1.165) is 16.7 Å². The number of ether oxygens (including phenoxy) is 1. The molecule has 0 aromatic heterocycles. The van der Waals surface area contributed by atoms with Crippen molar-refractivity contribution in [3.05, 3.63) is 64.7 Å². The van der Waals surface area contributed by atoms with Crippen LogP contribution in [0.4, 0.5) is 4.79 Å². The first kappa shape index (κ1) is 19.6. The van der Waals surface area contributed by atoms with Gasteiger partial charge in [0.25, 0.3) is 5.91 Å². The van der Waals surface area contributed by atoms with Crippen LogP contribution < -0.4 is 15.4 Å². The molecule has 1 aliphatic heterocycles. The number of aryl methyl sites for hydroxylation is 3. The summed E-state index contributed by atoms with van der Waals surface area (Å²) in [5.41, 5.74) is 3.36. The van der Waals surface area contributed by atoms with E-state index in [1.165, 1.54) is 5.56 Å². The zero-order valence-corrected chi connectivity index (χ0v) is 16.3. The summed E-state index contributed by atoms with van der Waals surface area (Å²) in [4.78, 5) is 35.3. The molecular formula is C22H24N2O4. The maximum Gasteiger partial charge on any atom is 0.322 e. The molecule has 1 saturated heterocycles. The lowest BCUT2D eigenvalue weighted by atomic mass is 9.93. The summed E-state index contributed by atoms with van der Waals surface area (Å²) in [6, 6.07) is 12.7. The number of nitrogens with one attached hydrogen (secondary N) is 2. The van der Waals surface area contributed by atoms with E-state index in [9.17, 15) is 14.4 Å². The van der Waals surface area contributed by atoms with Crippen LogP contribution in [-0.4, -0.2) is 23.4 Å². The van der Waals surface area contributed by atoms with E-state index in [-0.39, 0.29) is 18.3 Å². The third-order valence-corrected chi connectivity index (χ3v) is 5.11. The second kappa shape index (κ2) is 7.84. The van der Waals surface area contributed by atoms with E-state index in [1.54, 1.807) is 19.1 Å². The van der Waals surface area contributed by atoms with Crippen molar-refractivity contribution in [1.82, 2.24) is 10.6 Å². The van der Waals surface area contributed by atoms with Gasteiger partial charge >= 0.3 is 12.0 Å². The van der Waals surface area contributed by atoms with Crippen molar-refractivity contribution < 1.29 is 19.1 Å². The molecule has 2 N–H and O–H groups in total. The summed E-state index contributed by atoms with van der Waals surface area (Å²) in [5.74, 6) is -0.140. The van der Waals surface area contributed by atoms with Gasteiger partial charge in [0.1, 0.15) is 11.3 Å². The number of rotatable bonds is 6. The molecule has 3 amide bonds. The SMILES string of the molecule is Cc1ccc(CC(=O)Oc2ccc(CC[C@]3(C)NC(=O)NC3=O)cc2)cc1C. The first-order chi connectivity index (χ1) is 13.2. The molecule has 6 heteroatoms. The highest BCUT2D eigenvalue weighted by atomic mass is 16.5. The van der Waals surface area contributed by atoms with E-state index in [1.807, 2.05) is 44.2 Å². The predicted octanol–water partition coefficient (Wildman–Crippen LogP) is 2.98. The lowest BCUT2D eigenvalue weighted by Gasteiger charge is -2.20. The molecule has 1 fully saturated rings. The number of carbonyl (C=O) groups is 3. The third kappa shape index (κ3) is 4.57. The monoisotopic (exact) mass is 380 g/mol. The van der Waals surface area contributed by atoms with Gasteiger partial charge < -0.3 is 10.1 Å². The van der Waals surface area contributed by atoms with Crippen molar-refractivity contribution in [2.45, 2.75) is 45.6 Å². The highest BCUT2D eigenvalue weighted by Crippen LogP contribution is 2.20. The molecule has 0 radical (unpaired) electrons. The third-order valence-electron chi connectivity index (χ3n) is 5.11. The van der Waals surface area contributed by atoms with E-state index in [2.05, 4.69) is 10.6 Å². The van der Waals surface area contributed by atoms with Crippen molar-refractivity contribution in [3.63, 3.8) is 0 Å². The van der Waals surface area contributed by atoms with Gasteiger partial charge in [-0.15, -0.1) is 0 Å². The van der Waals surface area contributed by atoms with Crippen LogP contribution in [0.5, 0.6) is 5.75 Å². The molecule has 1 aliphatic rings. The smallest absolute Gasteiger partial charge is 0.322 e. The lowest BCUT2D eigenvalue weighted by molar-refractivity contribution is -0.133. The number of hydrogen-bond acceptors (Lipinski definition) is 4. The van der Waals surface area contributed by atoms with Crippen molar-refractivity contribution in [2.75, 3.05) is 0 Å². The Labute approximate surface area is 164 Å². The Bertz CT molecular complexity index is 921. The van der Waals surface area contributed by atoms with Crippen LogP contribution >= 0.6 is 0 Å². The zero-order valence-electron chi connectivity index (χ0n) is 16.3. The number of imide groups is 1. The van der Waals surface area contributed by atoms with Gasteiger partial charge in [0.2, 0.25) is 0 Å². The van der Waals surface area contributed by atoms with Crippen molar-refractivity contribution >= 4 is 17.9 Å². The van der Waals surface area contributed by atoms with Gasteiger partial charge in [0.15, 0.2) is 0 Å². The highest BCUT2D eigenvalue weighted by molar-refractivity contribution is 6.06. The molecule has 0 aliphatic carbocycles. The molecule has 0 bridgehead atoms. The summed E-state index contributed by atoms with van der Waals surface area (Å²) in [6.07, 6.45) is 1.31. The molecule has 0 saturated carbocycles. The number of hydrogen-bond donors (Lipinski definition) is 2. The standard InChI is InChI=1S/C22H24N2O4/c1-14-4-5-17(12-15(14)2)13-19(25)28-18-8-6-16(7-9-18)10-11-22(3)20(26)23-21(27)24-22/h4-9,12H,10-11,13H2,1-3H3,(H2,23,24,26,27)/t22-/m0/s1. The Morgan fingerprint density at radius 2 is 1.68 bits per heavy atom. The van der Waals surface area contributed by atoms with Crippen LogP contribution in [0.2, 0.25) is 0 Å². The summed E-state index contributed by atoms with van der Waals surface area (Å²) in [6.45, 7) is 5.76. The minimum Gasteiger partial charge on any atom is -0.426 e. The largest absolute Gasteiger partial charge is 0.426 e. The predicted molar refractivity (Wildman–Crippen MR) is 105 cm³/mol. The molecule has 1 atom stereocenters. The fourth-order valence-electron chi connectivity index (χ4n) is 3.12. The van der Waals surface area contributed by atoms with Gasteiger partial charge in [-0.3, -0.25) is 14.9 Å². The van der Waals surface area contributed by atoms with Crippen LogP contribution in [0.25, 0.3) is 0 Å². The van der Waals surface area contributed by atoms with Crippen LogP contribution in [0, 0.1) is 13.8 Å². The zero-order chi connectivity index (χ0) is 20.3. The summed E-state index contributed by atoms with van der Waals surface area (Å²) >= 11 is 0. The summed E-state index contributed by atoms with van der Waals surface area (Å²) in [7, 11) is 0. The fraction of sp³-hybridized carbons (Fsp3) is 0.318. The van der Waals surface area contributed by atoms with Crippen molar-refractivity contribution in [3.8, 4) is 5.75 Å². The Balaban J connectivity index is 1.54. The molecule has 28 heavy (non-hydrogen) atoms. The first-order valence-electron chi connectivity index (χ1n) is 9.24. The average molecular weight is 380 g/mol. The Hall–Kier alpha value is -3.15. The van der Waals surface area contributed by atoms with Crippen LogP contribution in [0.3, 0.4) is 0 Å². The normalized spacial score (nSPS) is 18.5. The maximum absolute atomic E-state index is 12.2. The van der Waals surface area contributed by atoms with Crippen molar-refractivity contribution in [1.29, 1.82) is 0 Å². The number of carbonyl (C=O) groups excluding carboxylic acids is 3. The second-order valence-electron chi connectivity index (χ2n) is 7.45. The van der Waals surface area contributed by atoms with Crippen LogP contribution in [0.1, 0.15) is 35.6 Å². The van der Waals surface area contributed by atoms with Gasteiger partial charge in [-0.2, -0.15) is 0 Å². The van der Waals surface area contributed by atoms with Gasteiger partial charge in [0.05, 0.1) is 6.42 Å². The summed E-state index contributed by atoms with van der Waals surface area (Å²) < 4.78 is 5.41. The van der Waals surface area contributed by atoms with Crippen LogP contribution in [-0.2, 0) is 22.4 Å². The van der Waals surface area contributed by atoms with E-state index in [4.69, 9.17) is 4.74 Å². The maximum atomic E-state index is 12.2. The lowest BCUT2D eigenvalue weighted by Crippen LogP contribution is -2.43. The molecule has 2 aromatic carbocycles. The molecule has 0 unspecified atom stereocenters. The molecule has 1 heterocycles. The van der Waals surface area contributed by atoms with Crippen LogP contribution in [0.15, 0.2) is 42.5 Å². The number of benzene rings is 2. The molecule has 2 aromatic rings. The van der Waals surface area contributed by atoms with Gasteiger partial charge in [-0.1, -0.05) is 30.3 Å². The Morgan fingerprint density at radius 3 is 2.29 bits per heavy atom. The van der Waals surface area contributed by atoms with Crippen molar-refractivity contribution in [2.24, 2.45) is 0 Å². The van der Waals surface area contributed by atoms with E-state index < -0.39 is 11.6 Å².